The highest BCUT2D eigenvalue weighted by molar-refractivity contribution is 6.30. The summed E-state index contributed by atoms with van der Waals surface area (Å²) in [6, 6.07) is 20.3. The van der Waals surface area contributed by atoms with Gasteiger partial charge >= 0.3 is 0 Å². The molecule has 8 heteroatoms. The molecule has 2 aromatic heterocycles. The second-order valence-electron chi connectivity index (χ2n) is 9.38. The number of hydrogen-bond acceptors (Lipinski definition) is 6. The van der Waals surface area contributed by atoms with Crippen LogP contribution in [0.2, 0.25) is 5.15 Å². The molecule has 1 aliphatic heterocycles. The first-order valence-electron chi connectivity index (χ1n) is 13.0. The Kier molecular flexibility index (Phi) is 8.46. The van der Waals surface area contributed by atoms with Crippen LogP contribution in [-0.4, -0.2) is 39.8 Å². The molecule has 0 N–H and O–H groups in total. The fraction of sp³-hybridized carbons (Fsp3) is 0.333. The normalized spacial score (nSPS) is 12.6. The maximum absolute atomic E-state index is 6.84. The van der Waals surface area contributed by atoms with Crippen LogP contribution in [0.15, 0.2) is 66.9 Å². The lowest BCUT2D eigenvalue weighted by molar-refractivity contribution is 0.170. The Morgan fingerprint density at radius 1 is 0.947 bits per heavy atom. The summed E-state index contributed by atoms with van der Waals surface area (Å²) in [6.07, 6.45) is 3.99. The number of aromatic nitrogens is 3. The van der Waals surface area contributed by atoms with Crippen LogP contribution in [-0.2, 0) is 26.2 Å². The third-order valence-corrected chi connectivity index (χ3v) is 6.89. The van der Waals surface area contributed by atoms with Gasteiger partial charge in [0.05, 0.1) is 12.8 Å². The second kappa shape index (κ2) is 12.3. The third kappa shape index (κ3) is 6.11. The van der Waals surface area contributed by atoms with E-state index in [4.69, 9.17) is 30.8 Å². The average Bonchev–Trinajstić information content (AvgIpc) is 3.27. The lowest BCUT2D eigenvalue weighted by Gasteiger charge is -2.25. The second-order valence-corrected chi connectivity index (χ2v) is 9.73. The summed E-state index contributed by atoms with van der Waals surface area (Å²) < 4.78 is 19.1. The van der Waals surface area contributed by atoms with Gasteiger partial charge in [-0.15, -0.1) is 0 Å². The molecule has 7 nitrogen and oxygen atoms in total. The van der Waals surface area contributed by atoms with Crippen molar-refractivity contribution in [1.29, 1.82) is 0 Å². The zero-order chi connectivity index (χ0) is 26.3. The number of fused-ring (bicyclic) bond motifs is 1. The fourth-order valence-electron chi connectivity index (χ4n) is 4.68. The first-order chi connectivity index (χ1) is 18.6. The molecule has 0 saturated heterocycles. The molecule has 1 aliphatic rings. The highest BCUT2D eigenvalue weighted by Gasteiger charge is 2.21. The van der Waals surface area contributed by atoms with E-state index in [1.165, 1.54) is 0 Å². The molecular weight excluding hydrogens is 500 g/mol. The summed E-state index contributed by atoms with van der Waals surface area (Å²) in [5.41, 5.74) is 4.30. The lowest BCUT2D eigenvalue weighted by Crippen LogP contribution is -2.25. The minimum absolute atomic E-state index is 0.542. The predicted octanol–water partition coefficient (Wildman–Crippen LogP) is 6.38. The molecule has 0 bridgehead atoms. The number of nitrogens with zero attached hydrogens (tertiary/aromatic N) is 4. The molecule has 0 fully saturated rings. The van der Waals surface area contributed by atoms with Crippen LogP contribution in [0.25, 0.3) is 11.4 Å². The van der Waals surface area contributed by atoms with Gasteiger partial charge < -0.3 is 18.8 Å². The van der Waals surface area contributed by atoms with Gasteiger partial charge in [-0.05, 0) is 29.7 Å². The van der Waals surface area contributed by atoms with E-state index in [0.717, 1.165) is 59.1 Å². The maximum Gasteiger partial charge on any atom is 0.212 e. The van der Waals surface area contributed by atoms with Gasteiger partial charge in [-0.25, -0.2) is 9.97 Å². The number of imidazole rings is 1. The number of methoxy groups -OCH3 is 1. The van der Waals surface area contributed by atoms with E-state index >= 15 is 0 Å². The minimum atomic E-state index is 0.542. The summed E-state index contributed by atoms with van der Waals surface area (Å²) in [6.45, 7) is 6.20. The van der Waals surface area contributed by atoms with Crippen molar-refractivity contribution in [2.24, 2.45) is 0 Å². The molecule has 0 aliphatic carbocycles. The standard InChI is InChI=1S/C30H33ClN4O3/c1-3-4-14-35-25(29(31)33-30(35)24-8-6-5-7-9-24)21-34(20-23-11-13-28(36-2)32-18-23)19-22-10-12-26-27(17-22)38-16-15-37-26/h5-13,17-18H,3-4,14-16,19-21H2,1-2H3. The smallest absolute Gasteiger partial charge is 0.212 e. The molecule has 3 heterocycles. The van der Waals surface area contributed by atoms with E-state index in [-0.39, 0.29) is 0 Å². The quantitative estimate of drug-likeness (QED) is 0.223. The van der Waals surface area contributed by atoms with Crippen molar-refractivity contribution in [2.45, 2.75) is 45.9 Å². The predicted molar refractivity (Wildman–Crippen MR) is 149 cm³/mol. The van der Waals surface area contributed by atoms with Gasteiger partial charge in [-0.3, -0.25) is 4.90 Å². The van der Waals surface area contributed by atoms with Gasteiger partial charge in [0.15, 0.2) is 16.7 Å². The van der Waals surface area contributed by atoms with Crippen LogP contribution in [0.1, 0.15) is 36.6 Å². The summed E-state index contributed by atoms with van der Waals surface area (Å²) >= 11 is 6.84. The third-order valence-electron chi connectivity index (χ3n) is 6.59. The van der Waals surface area contributed by atoms with Crippen LogP contribution in [0.3, 0.4) is 0 Å². The van der Waals surface area contributed by atoms with Crippen LogP contribution in [0.4, 0.5) is 0 Å². The van der Waals surface area contributed by atoms with Crippen molar-refractivity contribution in [1.82, 2.24) is 19.4 Å². The van der Waals surface area contributed by atoms with Crippen molar-refractivity contribution in [3.63, 3.8) is 0 Å². The number of hydrogen-bond donors (Lipinski definition) is 0. The molecule has 0 spiro atoms. The Morgan fingerprint density at radius 2 is 1.71 bits per heavy atom. The lowest BCUT2D eigenvalue weighted by atomic mass is 10.1. The molecule has 4 aromatic rings. The van der Waals surface area contributed by atoms with Crippen molar-refractivity contribution < 1.29 is 14.2 Å². The zero-order valence-electron chi connectivity index (χ0n) is 21.9. The summed E-state index contributed by atoms with van der Waals surface area (Å²) in [4.78, 5) is 11.6. The number of ether oxygens (including phenoxy) is 3. The first kappa shape index (κ1) is 26.1. The van der Waals surface area contributed by atoms with Crippen LogP contribution < -0.4 is 14.2 Å². The molecule has 38 heavy (non-hydrogen) atoms. The van der Waals surface area contributed by atoms with E-state index in [1.807, 2.05) is 42.6 Å². The Balaban J connectivity index is 1.47. The first-order valence-corrected chi connectivity index (χ1v) is 13.4. The number of unbranched alkanes of at least 4 members (excludes halogenated alkanes) is 1. The maximum atomic E-state index is 6.84. The molecular formula is C30H33ClN4O3. The van der Waals surface area contributed by atoms with Gasteiger partial charge in [-0.1, -0.05) is 67.4 Å². The van der Waals surface area contributed by atoms with Crippen LogP contribution in [0, 0.1) is 0 Å². The van der Waals surface area contributed by atoms with Crippen molar-refractivity contribution >= 4 is 11.6 Å². The van der Waals surface area contributed by atoms with E-state index in [2.05, 4.69) is 45.6 Å². The van der Waals surface area contributed by atoms with Crippen molar-refractivity contribution in [3.8, 4) is 28.8 Å². The van der Waals surface area contributed by atoms with Crippen LogP contribution >= 0.6 is 11.6 Å². The monoisotopic (exact) mass is 532 g/mol. The molecule has 0 saturated carbocycles. The van der Waals surface area contributed by atoms with Gasteiger partial charge in [0.25, 0.3) is 0 Å². The molecule has 0 unspecified atom stereocenters. The van der Waals surface area contributed by atoms with Gasteiger partial charge in [0, 0.05) is 44.0 Å². The van der Waals surface area contributed by atoms with Crippen molar-refractivity contribution in [3.05, 3.63) is 88.8 Å². The molecule has 0 radical (unpaired) electrons. The highest BCUT2D eigenvalue weighted by Crippen LogP contribution is 2.32. The SMILES string of the molecule is CCCCn1c(-c2ccccc2)nc(Cl)c1CN(Cc1ccc(OC)nc1)Cc1ccc2c(c1)OCCO2. The number of rotatable bonds is 11. The number of benzene rings is 2. The molecule has 0 amide bonds. The molecule has 5 rings (SSSR count). The number of halogens is 1. The molecule has 0 atom stereocenters. The average molecular weight is 533 g/mol. The fourth-order valence-corrected chi connectivity index (χ4v) is 4.92. The van der Waals surface area contributed by atoms with Gasteiger partial charge in [0.1, 0.15) is 19.0 Å². The van der Waals surface area contributed by atoms with Gasteiger partial charge in [0.2, 0.25) is 5.88 Å². The molecule has 198 valence electrons. The van der Waals surface area contributed by atoms with Crippen molar-refractivity contribution in [2.75, 3.05) is 20.3 Å². The largest absolute Gasteiger partial charge is 0.486 e. The molecule has 2 aromatic carbocycles. The summed E-state index contributed by atoms with van der Waals surface area (Å²) in [5.74, 6) is 3.08. The Labute approximate surface area is 229 Å². The number of pyridine rings is 1. The van der Waals surface area contributed by atoms with Gasteiger partial charge in [-0.2, -0.15) is 0 Å². The zero-order valence-corrected chi connectivity index (χ0v) is 22.7. The van der Waals surface area contributed by atoms with E-state index in [0.29, 0.717) is 43.9 Å². The topological polar surface area (TPSA) is 61.6 Å². The Bertz CT molecular complexity index is 1340. The summed E-state index contributed by atoms with van der Waals surface area (Å²) in [7, 11) is 1.62. The minimum Gasteiger partial charge on any atom is -0.486 e. The Hall–Kier alpha value is -3.55. The van der Waals surface area contributed by atoms with Crippen LogP contribution in [0.5, 0.6) is 17.4 Å². The van der Waals surface area contributed by atoms with E-state index in [9.17, 15) is 0 Å². The summed E-state index contributed by atoms with van der Waals surface area (Å²) in [5, 5.41) is 0.542. The van der Waals surface area contributed by atoms with E-state index in [1.54, 1.807) is 7.11 Å². The highest BCUT2D eigenvalue weighted by atomic mass is 35.5. The van der Waals surface area contributed by atoms with E-state index < -0.39 is 0 Å². The Morgan fingerprint density at radius 3 is 2.45 bits per heavy atom.